The smallest absolute Gasteiger partial charge is 0.240 e. The zero-order valence-corrected chi connectivity index (χ0v) is 17.7. The Morgan fingerprint density at radius 3 is 2.65 bits per heavy atom. The topological polar surface area (TPSA) is 118 Å². The van der Waals surface area contributed by atoms with Crippen LogP contribution >= 0.6 is 0 Å². The van der Waals surface area contributed by atoms with Crippen molar-refractivity contribution in [1.29, 1.82) is 0 Å². The minimum atomic E-state index is -3.87. The van der Waals surface area contributed by atoms with Crippen LogP contribution in [0.5, 0.6) is 0 Å². The lowest BCUT2D eigenvalue weighted by Crippen LogP contribution is -2.51. The Morgan fingerprint density at radius 2 is 1.97 bits per heavy atom. The molecule has 8 nitrogen and oxygen atoms in total. The highest BCUT2D eigenvalue weighted by Crippen LogP contribution is 2.23. The van der Waals surface area contributed by atoms with Crippen molar-refractivity contribution < 1.29 is 27.4 Å². The molecule has 168 valence electrons. The number of benzene rings is 1. The SMILES string of the molecule is O=C(Cc1ccccn1)NCC[C@@H]1CC[C@@H](NS(=O)(=O)c2ccc(F)cc2)[C@@H](CO)O1. The number of hydrogen-bond donors (Lipinski definition) is 3. The molecule has 0 aliphatic carbocycles. The van der Waals surface area contributed by atoms with Gasteiger partial charge in [0.15, 0.2) is 0 Å². The summed E-state index contributed by atoms with van der Waals surface area (Å²) >= 11 is 0. The first-order chi connectivity index (χ1) is 14.9. The number of carbonyl (C=O) groups excluding carboxylic acids is 1. The van der Waals surface area contributed by atoms with Gasteiger partial charge in [0.1, 0.15) is 5.82 Å². The molecule has 31 heavy (non-hydrogen) atoms. The number of halogens is 1. The monoisotopic (exact) mass is 451 g/mol. The van der Waals surface area contributed by atoms with Crippen molar-refractivity contribution in [2.75, 3.05) is 13.2 Å². The summed E-state index contributed by atoms with van der Waals surface area (Å²) < 4.78 is 46.5. The first-order valence-electron chi connectivity index (χ1n) is 10.1. The molecule has 10 heteroatoms. The van der Waals surface area contributed by atoms with Crippen LogP contribution in [0.2, 0.25) is 0 Å². The molecule has 1 aromatic heterocycles. The van der Waals surface area contributed by atoms with Crippen LogP contribution in [-0.2, 0) is 26.0 Å². The number of sulfonamides is 1. The quantitative estimate of drug-likeness (QED) is 0.527. The third kappa shape index (κ3) is 6.79. The minimum Gasteiger partial charge on any atom is -0.394 e. The number of carbonyl (C=O) groups is 1. The average molecular weight is 452 g/mol. The van der Waals surface area contributed by atoms with E-state index in [0.717, 1.165) is 12.1 Å². The number of hydrogen-bond acceptors (Lipinski definition) is 6. The molecule has 1 amide bonds. The van der Waals surface area contributed by atoms with Gasteiger partial charge in [0, 0.05) is 18.4 Å². The van der Waals surface area contributed by atoms with Gasteiger partial charge < -0.3 is 15.2 Å². The van der Waals surface area contributed by atoms with E-state index in [2.05, 4.69) is 15.0 Å². The number of aliphatic hydroxyl groups excluding tert-OH is 1. The van der Waals surface area contributed by atoms with Gasteiger partial charge in [-0.1, -0.05) is 6.07 Å². The van der Waals surface area contributed by atoms with Crippen LogP contribution in [0.15, 0.2) is 53.6 Å². The zero-order chi connectivity index (χ0) is 22.3. The predicted octanol–water partition coefficient (Wildman–Crippen LogP) is 1.16. The fourth-order valence-electron chi connectivity index (χ4n) is 3.46. The zero-order valence-electron chi connectivity index (χ0n) is 16.9. The number of pyridine rings is 1. The number of aromatic nitrogens is 1. The highest BCUT2D eigenvalue weighted by atomic mass is 32.2. The second kappa shape index (κ2) is 10.8. The molecule has 0 saturated carbocycles. The maximum atomic E-state index is 13.1. The lowest BCUT2D eigenvalue weighted by Gasteiger charge is -2.36. The summed E-state index contributed by atoms with van der Waals surface area (Å²) in [6, 6.07) is 9.31. The number of rotatable bonds is 9. The molecule has 1 saturated heterocycles. The Hall–Kier alpha value is -2.40. The maximum Gasteiger partial charge on any atom is 0.240 e. The van der Waals surface area contributed by atoms with Crippen LogP contribution in [0.4, 0.5) is 4.39 Å². The van der Waals surface area contributed by atoms with Gasteiger partial charge in [0.2, 0.25) is 15.9 Å². The van der Waals surface area contributed by atoms with E-state index >= 15 is 0 Å². The molecular weight excluding hydrogens is 425 g/mol. The van der Waals surface area contributed by atoms with Crippen molar-refractivity contribution in [2.24, 2.45) is 0 Å². The second-order valence-corrected chi connectivity index (χ2v) is 9.09. The average Bonchev–Trinajstić information content (AvgIpc) is 2.75. The van der Waals surface area contributed by atoms with Crippen molar-refractivity contribution in [2.45, 2.75) is 48.8 Å². The van der Waals surface area contributed by atoms with Gasteiger partial charge in [-0.3, -0.25) is 9.78 Å². The molecule has 3 N–H and O–H groups in total. The van der Waals surface area contributed by atoms with Gasteiger partial charge in [-0.25, -0.2) is 17.5 Å². The Balaban J connectivity index is 1.46. The summed E-state index contributed by atoms with van der Waals surface area (Å²) in [7, 11) is -3.87. The molecule has 0 radical (unpaired) electrons. The Labute approximate surface area is 180 Å². The highest BCUT2D eigenvalue weighted by Gasteiger charge is 2.33. The molecule has 3 atom stereocenters. The van der Waals surface area contributed by atoms with Crippen LogP contribution in [0.3, 0.4) is 0 Å². The van der Waals surface area contributed by atoms with Crippen LogP contribution in [0, 0.1) is 5.82 Å². The summed E-state index contributed by atoms with van der Waals surface area (Å²) in [6.07, 6.45) is 2.49. The van der Waals surface area contributed by atoms with Crippen LogP contribution in [-0.4, -0.2) is 55.8 Å². The molecule has 3 rings (SSSR count). The molecule has 0 spiro atoms. The third-order valence-corrected chi connectivity index (χ3v) is 6.59. The lowest BCUT2D eigenvalue weighted by atomic mass is 9.98. The van der Waals surface area contributed by atoms with Gasteiger partial charge in [-0.05, 0) is 55.7 Å². The number of ether oxygens (including phenoxy) is 1. The van der Waals surface area contributed by atoms with E-state index in [0.29, 0.717) is 31.5 Å². The Bertz CT molecular complexity index is 957. The molecule has 2 aromatic rings. The minimum absolute atomic E-state index is 0.0525. The van der Waals surface area contributed by atoms with E-state index in [1.807, 2.05) is 6.07 Å². The van der Waals surface area contributed by atoms with E-state index in [9.17, 15) is 22.7 Å². The van der Waals surface area contributed by atoms with Crippen molar-refractivity contribution in [1.82, 2.24) is 15.0 Å². The Kier molecular flexibility index (Phi) is 8.08. The molecular formula is C21H26FN3O5S. The fraction of sp³-hybridized carbons (Fsp3) is 0.429. The molecule has 2 heterocycles. The van der Waals surface area contributed by atoms with Crippen molar-refractivity contribution in [3.8, 4) is 0 Å². The summed E-state index contributed by atoms with van der Waals surface area (Å²) in [5.41, 5.74) is 0.686. The number of nitrogens with one attached hydrogen (secondary N) is 2. The van der Waals surface area contributed by atoms with Crippen LogP contribution in [0.1, 0.15) is 25.0 Å². The second-order valence-electron chi connectivity index (χ2n) is 7.37. The number of amides is 1. The number of nitrogens with zero attached hydrogens (tertiary/aromatic N) is 1. The number of aliphatic hydroxyl groups is 1. The van der Waals surface area contributed by atoms with E-state index in [-0.39, 0.29) is 29.9 Å². The largest absolute Gasteiger partial charge is 0.394 e. The summed E-state index contributed by atoms with van der Waals surface area (Å²) in [5.74, 6) is -0.665. The standard InChI is InChI=1S/C21H26FN3O5S/c22-15-4-7-18(8-5-15)31(28,29)25-19-9-6-17(30-20(19)14-26)10-12-24-21(27)13-16-3-1-2-11-23-16/h1-5,7-8,11,17,19-20,25-26H,6,9-10,12-14H2,(H,24,27)/t17-,19+,20+/m0/s1. The first-order valence-corrected chi connectivity index (χ1v) is 11.6. The fourth-order valence-corrected chi connectivity index (χ4v) is 4.76. The van der Waals surface area contributed by atoms with Crippen molar-refractivity contribution in [3.05, 3.63) is 60.2 Å². The molecule has 1 aromatic carbocycles. The summed E-state index contributed by atoms with van der Waals surface area (Å²) in [6.45, 7) is 0.0552. The molecule has 0 bridgehead atoms. The third-order valence-electron chi connectivity index (χ3n) is 5.08. The Morgan fingerprint density at radius 1 is 1.19 bits per heavy atom. The summed E-state index contributed by atoms with van der Waals surface area (Å²) in [5, 5.41) is 12.5. The van der Waals surface area contributed by atoms with Gasteiger partial charge >= 0.3 is 0 Å². The van der Waals surface area contributed by atoms with Crippen molar-refractivity contribution in [3.63, 3.8) is 0 Å². The maximum absolute atomic E-state index is 13.1. The normalized spacial score (nSPS) is 21.5. The van der Waals surface area contributed by atoms with Crippen LogP contribution in [0.25, 0.3) is 0 Å². The molecule has 0 unspecified atom stereocenters. The van der Waals surface area contributed by atoms with Gasteiger partial charge in [-0.15, -0.1) is 0 Å². The molecule has 1 fully saturated rings. The summed E-state index contributed by atoms with van der Waals surface area (Å²) in [4.78, 5) is 16.1. The predicted molar refractivity (Wildman–Crippen MR) is 111 cm³/mol. The van der Waals surface area contributed by atoms with E-state index in [4.69, 9.17) is 4.74 Å². The molecule has 1 aliphatic heterocycles. The van der Waals surface area contributed by atoms with Crippen LogP contribution < -0.4 is 10.0 Å². The first kappa shape index (κ1) is 23.3. The van der Waals surface area contributed by atoms with Gasteiger partial charge in [-0.2, -0.15) is 0 Å². The van der Waals surface area contributed by atoms with Gasteiger partial charge in [0.25, 0.3) is 0 Å². The van der Waals surface area contributed by atoms with E-state index in [1.165, 1.54) is 12.1 Å². The highest BCUT2D eigenvalue weighted by molar-refractivity contribution is 7.89. The molecule has 1 aliphatic rings. The van der Waals surface area contributed by atoms with Gasteiger partial charge in [0.05, 0.1) is 36.2 Å². The lowest BCUT2D eigenvalue weighted by molar-refractivity contribution is -0.121. The van der Waals surface area contributed by atoms with E-state index in [1.54, 1.807) is 18.3 Å². The van der Waals surface area contributed by atoms with Crippen molar-refractivity contribution >= 4 is 15.9 Å². The van der Waals surface area contributed by atoms with E-state index < -0.39 is 28.0 Å².